The first kappa shape index (κ1) is 16.7. The molecule has 9 nitrogen and oxygen atoms in total. The average molecular weight is 338 g/mol. The normalized spacial score (nSPS) is 10.5. The van der Waals surface area contributed by atoms with E-state index in [4.69, 9.17) is 9.84 Å². The summed E-state index contributed by atoms with van der Waals surface area (Å²) in [7, 11) is 1.71. The summed E-state index contributed by atoms with van der Waals surface area (Å²) in [5.41, 5.74) is 0.641. The zero-order valence-corrected chi connectivity index (χ0v) is 13.2. The second-order valence-corrected chi connectivity index (χ2v) is 5.58. The van der Waals surface area contributed by atoms with Crippen LogP contribution < -0.4 is 4.74 Å². The number of ether oxygens (including phenoxy) is 1. The van der Waals surface area contributed by atoms with E-state index < -0.39 is 10.9 Å². The van der Waals surface area contributed by atoms with Gasteiger partial charge < -0.3 is 14.4 Å². The first-order chi connectivity index (χ1) is 10.9. The molecule has 0 fully saturated rings. The molecule has 122 valence electrons. The van der Waals surface area contributed by atoms with Crippen LogP contribution in [0, 0.1) is 17.0 Å². The zero-order valence-electron chi connectivity index (χ0n) is 12.4. The lowest BCUT2D eigenvalue weighted by Gasteiger charge is -2.08. The molecule has 10 heteroatoms. The molecule has 1 N–H and O–H groups in total. The van der Waals surface area contributed by atoms with Crippen molar-refractivity contribution in [3.05, 3.63) is 39.7 Å². The molecule has 0 aliphatic carbocycles. The number of aryl methyl sites for hydroxylation is 1. The predicted octanol–water partition coefficient (Wildman–Crippen LogP) is 1.79. The highest BCUT2D eigenvalue weighted by Gasteiger charge is 2.13. The number of carboxylic acid groups (broad SMARTS) is 1. The first-order valence-electron chi connectivity index (χ1n) is 6.49. The number of aromatic nitrogens is 3. The maximum absolute atomic E-state index is 10.7. The van der Waals surface area contributed by atoms with Crippen molar-refractivity contribution in [2.45, 2.75) is 18.7 Å². The number of rotatable bonds is 7. The summed E-state index contributed by atoms with van der Waals surface area (Å²) in [5.74, 6) is 0.000156. The smallest absolute Gasteiger partial charge is 0.313 e. The molecule has 0 unspecified atom stereocenters. The van der Waals surface area contributed by atoms with Gasteiger partial charge >= 0.3 is 5.97 Å². The summed E-state index contributed by atoms with van der Waals surface area (Å²) < 4.78 is 7.25. The minimum absolute atomic E-state index is 0.000801. The topological polar surface area (TPSA) is 120 Å². The van der Waals surface area contributed by atoms with E-state index >= 15 is 0 Å². The summed E-state index contributed by atoms with van der Waals surface area (Å²) >= 11 is 1.07. The van der Waals surface area contributed by atoms with E-state index in [-0.39, 0.29) is 18.0 Å². The van der Waals surface area contributed by atoms with Crippen LogP contribution in [0.2, 0.25) is 0 Å². The van der Waals surface area contributed by atoms with E-state index in [1.165, 1.54) is 18.2 Å². The Hall–Kier alpha value is -2.62. The molecule has 1 heterocycles. The highest BCUT2D eigenvalue weighted by Crippen LogP contribution is 2.24. The van der Waals surface area contributed by atoms with Gasteiger partial charge in [0, 0.05) is 19.2 Å². The van der Waals surface area contributed by atoms with Crippen molar-refractivity contribution in [2.75, 3.05) is 5.75 Å². The molecule has 0 atom stereocenters. The van der Waals surface area contributed by atoms with Crippen LogP contribution in [-0.2, 0) is 18.4 Å². The van der Waals surface area contributed by atoms with Gasteiger partial charge in [-0.3, -0.25) is 14.9 Å². The van der Waals surface area contributed by atoms with Gasteiger partial charge in [0.05, 0.1) is 10.7 Å². The molecule has 0 radical (unpaired) electrons. The number of thioether (sulfide) groups is 1. The number of hydrogen-bond acceptors (Lipinski definition) is 7. The number of hydrogen-bond donors (Lipinski definition) is 1. The minimum Gasteiger partial charge on any atom is -0.485 e. The highest BCUT2D eigenvalue weighted by molar-refractivity contribution is 7.99. The van der Waals surface area contributed by atoms with Crippen LogP contribution in [-0.4, -0.2) is 36.5 Å². The SMILES string of the molecule is Cc1cc([N+](=O)[O-])ccc1OCc1nnc(SCC(=O)O)n1C. The second-order valence-electron chi connectivity index (χ2n) is 4.64. The zero-order chi connectivity index (χ0) is 17.0. The van der Waals surface area contributed by atoms with Gasteiger partial charge in [-0.2, -0.15) is 0 Å². The molecular formula is C13H14N4O5S. The lowest BCUT2D eigenvalue weighted by Crippen LogP contribution is -2.06. The molecule has 0 amide bonds. The molecule has 0 saturated heterocycles. The number of nitro benzene ring substituents is 1. The number of nitro groups is 1. The highest BCUT2D eigenvalue weighted by atomic mass is 32.2. The van der Waals surface area contributed by atoms with E-state index in [2.05, 4.69) is 10.2 Å². The molecule has 0 saturated carbocycles. The number of nitrogens with zero attached hydrogens (tertiary/aromatic N) is 4. The Morgan fingerprint density at radius 2 is 2.22 bits per heavy atom. The Morgan fingerprint density at radius 1 is 1.48 bits per heavy atom. The third-order valence-electron chi connectivity index (χ3n) is 2.98. The van der Waals surface area contributed by atoms with Gasteiger partial charge in [-0.15, -0.1) is 10.2 Å². The van der Waals surface area contributed by atoms with Crippen molar-refractivity contribution in [3.63, 3.8) is 0 Å². The Labute approximate surface area is 135 Å². The van der Waals surface area contributed by atoms with E-state index in [1.54, 1.807) is 18.5 Å². The molecule has 2 aromatic rings. The van der Waals surface area contributed by atoms with Gasteiger partial charge in [0.15, 0.2) is 11.0 Å². The fourth-order valence-electron chi connectivity index (χ4n) is 1.77. The summed E-state index contributed by atoms with van der Waals surface area (Å²) in [4.78, 5) is 20.8. The Bertz CT molecular complexity index is 746. The lowest BCUT2D eigenvalue weighted by atomic mass is 10.2. The summed E-state index contributed by atoms with van der Waals surface area (Å²) in [6.45, 7) is 1.84. The lowest BCUT2D eigenvalue weighted by molar-refractivity contribution is -0.384. The van der Waals surface area contributed by atoms with Crippen LogP contribution in [0.25, 0.3) is 0 Å². The van der Waals surface area contributed by atoms with Crippen molar-refractivity contribution >= 4 is 23.4 Å². The number of aliphatic carboxylic acids is 1. The third kappa shape index (κ3) is 4.19. The van der Waals surface area contributed by atoms with Gasteiger partial charge in [-0.1, -0.05) is 11.8 Å². The first-order valence-corrected chi connectivity index (χ1v) is 7.47. The summed E-state index contributed by atoms with van der Waals surface area (Å²) in [6, 6.07) is 4.33. The van der Waals surface area contributed by atoms with Crippen molar-refractivity contribution in [1.29, 1.82) is 0 Å². The van der Waals surface area contributed by atoms with Crippen LogP contribution in [0.15, 0.2) is 23.4 Å². The molecule has 0 aliphatic rings. The molecule has 0 bridgehead atoms. The van der Waals surface area contributed by atoms with Gasteiger partial charge in [0.2, 0.25) is 0 Å². The van der Waals surface area contributed by atoms with Crippen molar-refractivity contribution in [1.82, 2.24) is 14.8 Å². The van der Waals surface area contributed by atoms with Crippen molar-refractivity contribution in [3.8, 4) is 5.75 Å². The summed E-state index contributed by atoms with van der Waals surface area (Å²) in [5, 5.41) is 27.7. The number of non-ortho nitro benzene ring substituents is 1. The van der Waals surface area contributed by atoms with Crippen LogP contribution in [0.1, 0.15) is 11.4 Å². The number of carboxylic acids is 1. The van der Waals surface area contributed by atoms with Crippen molar-refractivity contribution < 1.29 is 19.6 Å². The van der Waals surface area contributed by atoms with Crippen molar-refractivity contribution in [2.24, 2.45) is 7.05 Å². The predicted molar refractivity (Wildman–Crippen MR) is 81.5 cm³/mol. The largest absolute Gasteiger partial charge is 0.485 e. The molecule has 2 rings (SSSR count). The van der Waals surface area contributed by atoms with Crippen LogP contribution >= 0.6 is 11.8 Å². The van der Waals surface area contributed by atoms with Gasteiger partial charge in [-0.05, 0) is 18.6 Å². The number of benzene rings is 1. The Morgan fingerprint density at radius 3 is 2.83 bits per heavy atom. The standard InChI is InChI=1S/C13H14N4O5S/c1-8-5-9(17(20)21)3-4-10(8)22-6-11-14-15-13(16(11)2)23-7-12(18)19/h3-5H,6-7H2,1-2H3,(H,18,19). The maximum Gasteiger partial charge on any atom is 0.313 e. The molecule has 1 aromatic carbocycles. The molecule has 0 aliphatic heterocycles. The van der Waals surface area contributed by atoms with Crippen LogP contribution in [0.3, 0.4) is 0 Å². The van der Waals surface area contributed by atoms with Gasteiger partial charge in [0.25, 0.3) is 5.69 Å². The quantitative estimate of drug-likeness (QED) is 0.461. The minimum atomic E-state index is -0.933. The van der Waals surface area contributed by atoms with Crippen LogP contribution in [0.4, 0.5) is 5.69 Å². The molecule has 23 heavy (non-hydrogen) atoms. The average Bonchev–Trinajstić information content (AvgIpc) is 2.84. The molecule has 1 aromatic heterocycles. The fraction of sp³-hybridized carbons (Fsp3) is 0.308. The third-order valence-corrected chi connectivity index (χ3v) is 3.98. The van der Waals surface area contributed by atoms with Gasteiger partial charge in [-0.25, -0.2) is 0 Å². The van der Waals surface area contributed by atoms with Gasteiger partial charge in [0.1, 0.15) is 12.4 Å². The molecular weight excluding hydrogens is 324 g/mol. The fourth-order valence-corrected chi connectivity index (χ4v) is 2.42. The second kappa shape index (κ2) is 7.09. The monoisotopic (exact) mass is 338 g/mol. The van der Waals surface area contributed by atoms with E-state index in [0.717, 1.165) is 11.8 Å². The van der Waals surface area contributed by atoms with Crippen LogP contribution in [0.5, 0.6) is 5.75 Å². The van der Waals surface area contributed by atoms with E-state index in [0.29, 0.717) is 22.3 Å². The summed E-state index contributed by atoms with van der Waals surface area (Å²) in [6.07, 6.45) is 0. The molecule has 0 spiro atoms. The Balaban J connectivity index is 2.04. The maximum atomic E-state index is 10.7. The Kier molecular flexibility index (Phi) is 5.16. The van der Waals surface area contributed by atoms with E-state index in [1.807, 2.05) is 0 Å². The van der Waals surface area contributed by atoms with E-state index in [9.17, 15) is 14.9 Å². The number of carbonyl (C=O) groups is 1.